The van der Waals surface area contributed by atoms with Crippen LogP contribution in [-0.4, -0.2) is 34.0 Å². The van der Waals surface area contributed by atoms with Crippen molar-refractivity contribution in [1.29, 1.82) is 0 Å². The molecule has 3 atom stereocenters. The van der Waals surface area contributed by atoms with Crippen molar-refractivity contribution >= 4 is 11.7 Å². The molecule has 3 unspecified atom stereocenters. The molecule has 5 nitrogen and oxygen atoms in total. The molecular formula is C12H19N3O2S. The molecule has 1 aromatic heterocycles. The molecule has 1 aliphatic heterocycles. The SMILES string of the molecule is CCCCOc1nsnc1OC1C2CCC1NC2. The number of rotatable bonds is 6. The minimum absolute atomic E-state index is 0.252. The minimum atomic E-state index is 0.252. The standard InChI is InChI=1S/C12H19N3O2S/c1-2-3-6-16-11-12(15-18-14-11)17-10-8-4-5-9(10)13-7-8/h8-10,13H,2-7H2,1H3. The maximum absolute atomic E-state index is 6.01. The summed E-state index contributed by atoms with van der Waals surface area (Å²) in [4.78, 5) is 0. The molecular weight excluding hydrogens is 250 g/mol. The Morgan fingerprint density at radius 1 is 1.33 bits per heavy atom. The van der Waals surface area contributed by atoms with Gasteiger partial charge in [0.05, 0.1) is 18.3 Å². The van der Waals surface area contributed by atoms with Gasteiger partial charge in [-0.1, -0.05) is 13.3 Å². The molecule has 0 aromatic carbocycles. The second-order valence-electron chi connectivity index (χ2n) is 5.01. The van der Waals surface area contributed by atoms with E-state index in [2.05, 4.69) is 21.0 Å². The van der Waals surface area contributed by atoms with Gasteiger partial charge in [-0.3, -0.25) is 0 Å². The van der Waals surface area contributed by atoms with Gasteiger partial charge in [0.15, 0.2) is 0 Å². The lowest BCUT2D eigenvalue weighted by atomic mass is 10.1. The van der Waals surface area contributed by atoms with E-state index in [9.17, 15) is 0 Å². The van der Waals surface area contributed by atoms with E-state index in [4.69, 9.17) is 9.47 Å². The van der Waals surface area contributed by atoms with E-state index < -0.39 is 0 Å². The fourth-order valence-electron chi connectivity index (χ4n) is 2.74. The molecule has 2 heterocycles. The number of nitrogens with zero attached hydrogens (tertiary/aromatic N) is 2. The van der Waals surface area contributed by atoms with Crippen molar-refractivity contribution in [2.45, 2.75) is 44.8 Å². The van der Waals surface area contributed by atoms with Gasteiger partial charge in [0, 0.05) is 18.5 Å². The Morgan fingerprint density at radius 3 is 2.89 bits per heavy atom. The first-order valence-corrected chi connectivity index (χ1v) is 7.47. The first kappa shape index (κ1) is 12.2. The number of ether oxygens (including phenoxy) is 2. The van der Waals surface area contributed by atoms with Crippen molar-refractivity contribution in [2.24, 2.45) is 5.92 Å². The fourth-order valence-corrected chi connectivity index (χ4v) is 3.18. The largest absolute Gasteiger partial charge is 0.473 e. The van der Waals surface area contributed by atoms with Gasteiger partial charge in [-0.15, -0.1) is 8.75 Å². The van der Waals surface area contributed by atoms with Crippen LogP contribution >= 0.6 is 11.7 Å². The highest BCUT2D eigenvalue weighted by Gasteiger charge is 2.44. The van der Waals surface area contributed by atoms with Gasteiger partial charge in [0.1, 0.15) is 6.10 Å². The minimum Gasteiger partial charge on any atom is -0.473 e. The molecule has 1 aliphatic carbocycles. The summed E-state index contributed by atoms with van der Waals surface area (Å²) in [5.41, 5.74) is 0. The summed E-state index contributed by atoms with van der Waals surface area (Å²) in [5.74, 6) is 1.78. The Morgan fingerprint density at radius 2 is 2.22 bits per heavy atom. The highest BCUT2D eigenvalue weighted by atomic mass is 32.1. The molecule has 3 rings (SSSR count). The van der Waals surface area contributed by atoms with Crippen LogP contribution in [0.2, 0.25) is 0 Å². The zero-order valence-corrected chi connectivity index (χ0v) is 11.4. The predicted molar refractivity (Wildman–Crippen MR) is 69.2 cm³/mol. The summed E-state index contributed by atoms with van der Waals surface area (Å²) in [6, 6.07) is 0.486. The Hall–Kier alpha value is -0.880. The van der Waals surface area contributed by atoms with Gasteiger partial charge >= 0.3 is 0 Å². The highest BCUT2D eigenvalue weighted by Crippen LogP contribution is 2.36. The van der Waals surface area contributed by atoms with Crippen molar-refractivity contribution in [3.8, 4) is 11.8 Å². The van der Waals surface area contributed by atoms with Crippen LogP contribution in [0.25, 0.3) is 0 Å². The lowest BCUT2D eigenvalue weighted by molar-refractivity contribution is 0.159. The summed E-state index contributed by atoms with van der Waals surface area (Å²) in [7, 11) is 0. The van der Waals surface area contributed by atoms with E-state index in [0.717, 1.165) is 31.1 Å². The quantitative estimate of drug-likeness (QED) is 0.799. The van der Waals surface area contributed by atoms with Crippen LogP contribution in [0, 0.1) is 5.92 Å². The molecule has 1 saturated carbocycles. The smallest absolute Gasteiger partial charge is 0.291 e. The maximum Gasteiger partial charge on any atom is 0.291 e. The molecule has 100 valence electrons. The second kappa shape index (κ2) is 5.40. The van der Waals surface area contributed by atoms with E-state index >= 15 is 0 Å². The van der Waals surface area contributed by atoms with Gasteiger partial charge in [-0.25, -0.2) is 0 Å². The number of hydrogen-bond donors (Lipinski definition) is 1. The third-order valence-electron chi connectivity index (χ3n) is 3.77. The van der Waals surface area contributed by atoms with Crippen LogP contribution in [0.5, 0.6) is 11.8 Å². The van der Waals surface area contributed by atoms with Crippen molar-refractivity contribution < 1.29 is 9.47 Å². The zero-order valence-electron chi connectivity index (χ0n) is 10.6. The van der Waals surface area contributed by atoms with Crippen LogP contribution in [0.3, 0.4) is 0 Å². The normalized spacial score (nSPS) is 29.7. The second-order valence-corrected chi connectivity index (χ2v) is 5.54. The Balaban J connectivity index is 1.61. The zero-order chi connectivity index (χ0) is 12.4. The average Bonchev–Trinajstić information content (AvgIpc) is 3.08. The molecule has 18 heavy (non-hydrogen) atoms. The van der Waals surface area contributed by atoms with Crippen molar-refractivity contribution in [3.05, 3.63) is 0 Å². The van der Waals surface area contributed by atoms with E-state index in [1.165, 1.54) is 12.8 Å². The number of unbranched alkanes of at least 4 members (excludes halogenated alkanes) is 1. The number of nitrogens with one attached hydrogen (secondary N) is 1. The first-order chi connectivity index (χ1) is 8.88. The number of fused-ring (bicyclic) bond motifs is 2. The summed E-state index contributed by atoms with van der Waals surface area (Å²) < 4.78 is 20.0. The average molecular weight is 269 g/mol. The number of hydrogen-bond acceptors (Lipinski definition) is 6. The van der Waals surface area contributed by atoms with Crippen molar-refractivity contribution in [1.82, 2.24) is 14.1 Å². The Labute approximate surface area is 111 Å². The summed E-state index contributed by atoms with van der Waals surface area (Å²) in [6.45, 7) is 3.90. The molecule has 0 spiro atoms. The van der Waals surface area contributed by atoms with E-state index in [-0.39, 0.29) is 6.10 Å². The van der Waals surface area contributed by atoms with E-state index in [0.29, 0.717) is 30.3 Å². The Bertz CT molecular complexity index is 378. The molecule has 0 radical (unpaired) electrons. The van der Waals surface area contributed by atoms with Gasteiger partial charge in [0.2, 0.25) is 0 Å². The summed E-state index contributed by atoms with van der Waals surface area (Å²) in [6.07, 6.45) is 4.87. The van der Waals surface area contributed by atoms with Gasteiger partial charge < -0.3 is 14.8 Å². The predicted octanol–water partition coefficient (Wildman–Crippen LogP) is 1.85. The van der Waals surface area contributed by atoms with Crippen LogP contribution in [0.15, 0.2) is 0 Å². The van der Waals surface area contributed by atoms with Crippen molar-refractivity contribution in [2.75, 3.05) is 13.2 Å². The van der Waals surface area contributed by atoms with Crippen LogP contribution in [0.1, 0.15) is 32.6 Å². The van der Waals surface area contributed by atoms with E-state index in [1.54, 1.807) is 0 Å². The van der Waals surface area contributed by atoms with Gasteiger partial charge in [0.25, 0.3) is 11.8 Å². The molecule has 2 aliphatic rings. The first-order valence-electron chi connectivity index (χ1n) is 6.74. The third-order valence-corrected chi connectivity index (χ3v) is 4.26. The summed E-state index contributed by atoms with van der Waals surface area (Å²) in [5, 5.41) is 3.48. The lowest BCUT2D eigenvalue weighted by Gasteiger charge is -2.15. The third kappa shape index (κ3) is 2.31. The topological polar surface area (TPSA) is 56.3 Å². The van der Waals surface area contributed by atoms with Gasteiger partial charge in [-0.2, -0.15) is 0 Å². The van der Waals surface area contributed by atoms with E-state index in [1.807, 2.05) is 0 Å². The summed E-state index contributed by atoms with van der Waals surface area (Å²) >= 11 is 1.16. The molecule has 0 amide bonds. The van der Waals surface area contributed by atoms with Crippen LogP contribution in [0.4, 0.5) is 0 Å². The number of aromatic nitrogens is 2. The van der Waals surface area contributed by atoms with Gasteiger partial charge in [-0.05, 0) is 19.3 Å². The molecule has 2 bridgehead atoms. The molecule has 2 fully saturated rings. The maximum atomic E-state index is 6.01. The molecule has 6 heteroatoms. The monoisotopic (exact) mass is 269 g/mol. The molecule has 1 N–H and O–H groups in total. The molecule has 1 aromatic rings. The van der Waals surface area contributed by atoms with Crippen molar-refractivity contribution in [3.63, 3.8) is 0 Å². The van der Waals surface area contributed by atoms with Crippen LogP contribution < -0.4 is 14.8 Å². The fraction of sp³-hybridized carbons (Fsp3) is 0.833. The van der Waals surface area contributed by atoms with Crippen LogP contribution in [-0.2, 0) is 0 Å². The number of piperidine rings is 1. The Kier molecular flexibility index (Phi) is 3.65. The lowest BCUT2D eigenvalue weighted by Crippen LogP contribution is -2.31. The molecule has 1 saturated heterocycles. The highest BCUT2D eigenvalue weighted by molar-refractivity contribution is 6.99.